The van der Waals surface area contributed by atoms with Crippen molar-refractivity contribution in [2.24, 2.45) is 0 Å². The molecule has 1 aliphatic heterocycles. The molecule has 8 heteroatoms. The molecular weight excluding hydrogens is 448 g/mol. The van der Waals surface area contributed by atoms with E-state index >= 15 is 0 Å². The summed E-state index contributed by atoms with van der Waals surface area (Å²) in [6.45, 7) is 0.417. The fraction of sp³-hybridized carbons (Fsp3) is 0.304. The normalized spacial score (nSPS) is 18.7. The van der Waals surface area contributed by atoms with E-state index < -0.39 is 0 Å². The maximum atomic E-state index is 12.9. The van der Waals surface area contributed by atoms with Crippen molar-refractivity contribution < 1.29 is 9.72 Å². The molecule has 1 amide bonds. The van der Waals surface area contributed by atoms with Gasteiger partial charge < -0.3 is 0 Å². The first-order valence-corrected chi connectivity index (χ1v) is 12.4. The number of nitro groups is 1. The Morgan fingerprint density at radius 1 is 1.16 bits per heavy atom. The number of thioether (sulfide) groups is 2. The van der Waals surface area contributed by atoms with Gasteiger partial charge >= 0.3 is 0 Å². The van der Waals surface area contributed by atoms with Gasteiger partial charge in [0.2, 0.25) is 0 Å². The topological polar surface area (TPSA) is 63.4 Å². The highest BCUT2D eigenvalue weighted by Crippen LogP contribution is 2.39. The molecule has 2 aromatic carbocycles. The summed E-state index contributed by atoms with van der Waals surface area (Å²) in [7, 11) is 0. The van der Waals surface area contributed by atoms with Crippen molar-refractivity contribution in [3.05, 3.63) is 74.7 Å². The standard InChI is InChI=1S/C23H22N2O3S3/c26-22-21(31-23(29)24(22)15-16-7-3-1-4-8-16)14-17-11-12-20(19(13-17)25(27)28)30-18-9-5-2-6-10-18/h1,3-4,7-8,11-14,18H,2,5-6,9-10,15H2/b21-14-. The molecule has 0 bridgehead atoms. The lowest BCUT2D eigenvalue weighted by molar-refractivity contribution is -0.387. The maximum absolute atomic E-state index is 12.9. The SMILES string of the molecule is O=C1/C(=C/c2ccc(SC3CCCCC3)c([N+](=O)[O-])c2)SC(=S)N1Cc1ccccc1. The van der Waals surface area contributed by atoms with Crippen LogP contribution in [-0.4, -0.2) is 25.3 Å². The quantitative estimate of drug-likeness (QED) is 0.210. The highest BCUT2D eigenvalue weighted by Gasteiger charge is 2.32. The zero-order chi connectivity index (χ0) is 21.8. The van der Waals surface area contributed by atoms with E-state index in [0.29, 0.717) is 31.5 Å². The summed E-state index contributed by atoms with van der Waals surface area (Å²) in [6.07, 6.45) is 7.54. The first-order chi connectivity index (χ1) is 15.0. The minimum absolute atomic E-state index is 0.101. The van der Waals surface area contributed by atoms with Crippen molar-refractivity contribution in [2.75, 3.05) is 0 Å². The van der Waals surface area contributed by atoms with Crippen molar-refractivity contribution in [1.82, 2.24) is 4.90 Å². The lowest BCUT2D eigenvalue weighted by atomic mass is 10.0. The van der Waals surface area contributed by atoms with Crippen LogP contribution in [0.1, 0.15) is 43.2 Å². The molecular formula is C23H22N2O3S3. The van der Waals surface area contributed by atoms with Gasteiger partial charge in [-0.15, -0.1) is 11.8 Å². The van der Waals surface area contributed by atoms with Gasteiger partial charge in [-0.3, -0.25) is 19.8 Å². The predicted octanol–water partition coefficient (Wildman–Crippen LogP) is 6.42. The van der Waals surface area contributed by atoms with Crippen molar-refractivity contribution >= 4 is 57.7 Å². The highest BCUT2D eigenvalue weighted by molar-refractivity contribution is 8.26. The molecule has 0 N–H and O–H groups in total. The lowest BCUT2D eigenvalue weighted by Gasteiger charge is -2.20. The van der Waals surface area contributed by atoms with Crippen LogP contribution in [0.4, 0.5) is 5.69 Å². The van der Waals surface area contributed by atoms with E-state index in [1.54, 1.807) is 28.8 Å². The molecule has 2 aromatic rings. The zero-order valence-corrected chi connectivity index (χ0v) is 19.3. The monoisotopic (exact) mass is 470 g/mol. The summed E-state index contributed by atoms with van der Waals surface area (Å²) in [5.41, 5.74) is 1.74. The molecule has 0 aromatic heterocycles. The number of rotatable bonds is 6. The smallest absolute Gasteiger partial charge is 0.283 e. The van der Waals surface area contributed by atoms with E-state index in [-0.39, 0.29) is 16.5 Å². The number of hydrogen-bond acceptors (Lipinski definition) is 6. The van der Waals surface area contributed by atoms with Gasteiger partial charge in [-0.1, -0.05) is 79.6 Å². The first-order valence-electron chi connectivity index (χ1n) is 10.3. The molecule has 1 saturated carbocycles. The molecule has 1 heterocycles. The van der Waals surface area contributed by atoms with E-state index in [1.165, 1.54) is 31.0 Å². The third-order valence-corrected chi connectivity index (χ3v) is 8.16. The number of nitro benzene ring substituents is 1. The molecule has 0 atom stereocenters. The minimum atomic E-state index is -0.330. The third-order valence-electron chi connectivity index (χ3n) is 5.38. The van der Waals surface area contributed by atoms with Crippen LogP contribution in [0.5, 0.6) is 0 Å². The van der Waals surface area contributed by atoms with Crippen molar-refractivity contribution in [3.63, 3.8) is 0 Å². The number of carbonyl (C=O) groups excluding carboxylic acids is 1. The molecule has 5 nitrogen and oxygen atoms in total. The Morgan fingerprint density at radius 2 is 1.90 bits per heavy atom. The molecule has 0 unspecified atom stereocenters. The van der Waals surface area contributed by atoms with E-state index in [4.69, 9.17) is 12.2 Å². The number of benzene rings is 2. The molecule has 31 heavy (non-hydrogen) atoms. The number of nitrogens with zero attached hydrogens (tertiary/aromatic N) is 2. The van der Waals surface area contributed by atoms with Gasteiger partial charge in [-0.2, -0.15) is 0 Å². The van der Waals surface area contributed by atoms with Gasteiger partial charge in [0.15, 0.2) is 0 Å². The van der Waals surface area contributed by atoms with Crippen molar-refractivity contribution in [2.45, 2.75) is 48.8 Å². The van der Waals surface area contributed by atoms with Gasteiger partial charge in [0.05, 0.1) is 21.3 Å². The summed E-state index contributed by atoms with van der Waals surface area (Å²) < 4.78 is 0.499. The number of carbonyl (C=O) groups is 1. The Labute approximate surface area is 195 Å². The predicted molar refractivity (Wildman–Crippen MR) is 131 cm³/mol. The molecule has 2 fully saturated rings. The van der Waals surface area contributed by atoms with Crippen molar-refractivity contribution in [1.29, 1.82) is 0 Å². The Hall–Kier alpha value is -2.16. The summed E-state index contributed by atoms with van der Waals surface area (Å²) in [5.74, 6) is -0.165. The van der Waals surface area contributed by atoms with Crippen LogP contribution in [0.3, 0.4) is 0 Å². The van der Waals surface area contributed by atoms with Crippen LogP contribution in [-0.2, 0) is 11.3 Å². The van der Waals surface area contributed by atoms with E-state index in [1.807, 2.05) is 42.5 Å². The summed E-state index contributed by atoms with van der Waals surface area (Å²) in [4.78, 5) is 27.0. The molecule has 1 aliphatic carbocycles. The van der Waals surface area contributed by atoms with Crippen LogP contribution in [0.2, 0.25) is 0 Å². The molecule has 4 rings (SSSR count). The summed E-state index contributed by atoms with van der Waals surface area (Å²) >= 11 is 8.25. The van der Waals surface area contributed by atoms with Crippen LogP contribution in [0.15, 0.2) is 58.3 Å². The number of thiocarbonyl (C=S) groups is 1. The molecule has 0 spiro atoms. The maximum Gasteiger partial charge on any atom is 0.283 e. The molecule has 2 aliphatic rings. The van der Waals surface area contributed by atoms with Gasteiger partial charge in [0.25, 0.3) is 11.6 Å². The second kappa shape index (κ2) is 9.97. The van der Waals surface area contributed by atoms with E-state index in [0.717, 1.165) is 18.4 Å². The summed E-state index contributed by atoms with van der Waals surface area (Å²) in [6, 6.07) is 14.9. The Kier molecular flexibility index (Phi) is 7.09. The van der Waals surface area contributed by atoms with Crippen LogP contribution < -0.4 is 0 Å². The van der Waals surface area contributed by atoms with Gasteiger partial charge in [0, 0.05) is 11.3 Å². The molecule has 1 saturated heterocycles. The van der Waals surface area contributed by atoms with E-state index in [9.17, 15) is 14.9 Å². The second-order valence-electron chi connectivity index (χ2n) is 7.62. The molecule has 0 radical (unpaired) electrons. The van der Waals surface area contributed by atoms with E-state index in [2.05, 4.69) is 0 Å². The zero-order valence-electron chi connectivity index (χ0n) is 16.9. The van der Waals surface area contributed by atoms with Crippen LogP contribution in [0, 0.1) is 10.1 Å². The average Bonchev–Trinajstić information content (AvgIpc) is 3.03. The van der Waals surface area contributed by atoms with Crippen LogP contribution >= 0.6 is 35.7 Å². The Morgan fingerprint density at radius 3 is 2.61 bits per heavy atom. The van der Waals surface area contributed by atoms with Crippen LogP contribution in [0.25, 0.3) is 6.08 Å². The Balaban J connectivity index is 1.53. The second-order valence-corrected chi connectivity index (χ2v) is 10.6. The lowest BCUT2D eigenvalue weighted by Crippen LogP contribution is -2.27. The van der Waals surface area contributed by atoms with Gasteiger partial charge in [0.1, 0.15) is 4.32 Å². The fourth-order valence-corrected chi connectivity index (χ4v) is 6.37. The minimum Gasteiger partial charge on any atom is -0.288 e. The fourth-order valence-electron chi connectivity index (χ4n) is 3.78. The Bertz CT molecular complexity index is 1030. The van der Waals surface area contributed by atoms with Gasteiger partial charge in [-0.25, -0.2) is 0 Å². The number of amides is 1. The first kappa shape index (κ1) is 22.0. The van der Waals surface area contributed by atoms with Crippen molar-refractivity contribution in [3.8, 4) is 0 Å². The van der Waals surface area contributed by atoms with Gasteiger partial charge in [-0.05, 0) is 36.1 Å². The average molecular weight is 471 g/mol. The third kappa shape index (κ3) is 5.37. The highest BCUT2D eigenvalue weighted by atomic mass is 32.2. The number of hydrogen-bond donors (Lipinski definition) is 0. The molecule has 160 valence electrons. The largest absolute Gasteiger partial charge is 0.288 e. The summed E-state index contributed by atoms with van der Waals surface area (Å²) in [5, 5.41) is 12.1.